The van der Waals surface area contributed by atoms with Gasteiger partial charge < -0.3 is 9.47 Å². The molecule has 0 aliphatic heterocycles. The van der Waals surface area contributed by atoms with Crippen molar-refractivity contribution in [3.8, 4) is 11.5 Å². The van der Waals surface area contributed by atoms with E-state index in [0.29, 0.717) is 5.56 Å². The third-order valence-electron chi connectivity index (χ3n) is 6.63. The van der Waals surface area contributed by atoms with Crippen molar-refractivity contribution in [3.05, 3.63) is 70.8 Å². The van der Waals surface area contributed by atoms with Crippen molar-refractivity contribution in [2.75, 3.05) is 7.11 Å². The summed E-state index contributed by atoms with van der Waals surface area (Å²) in [5, 5.41) is 1.81. The Balaban J connectivity index is 1.75. The summed E-state index contributed by atoms with van der Waals surface area (Å²) in [7, 11) is 1.40. The molecular weight excluding hydrogens is 372 g/mol. The molecule has 0 radical (unpaired) electrons. The largest absolute Gasteiger partial charge is 0.465 e. The molecule has 3 heteroatoms. The summed E-state index contributed by atoms with van der Waals surface area (Å²) in [6, 6.07) is 16.0. The van der Waals surface area contributed by atoms with Crippen LogP contribution in [0.3, 0.4) is 0 Å². The molecule has 0 heterocycles. The van der Waals surface area contributed by atoms with Gasteiger partial charge in [0.05, 0.1) is 12.7 Å². The van der Waals surface area contributed by atoms with Gasteiger partial charge in [-0.2, -0.15) is 0 Å². The smallest absolute Gasteiger partial charge is 0.338 e. The van der Waals surface area contributed by atoms with Crippen LogP contribution < -0.4 is 4.74 Å². The Morgan fingerprint density at radius 2 is 1.57 bits per heavy atom. The van der Waals surface area contributed by atoms with Gasteiger partial charge in [-0.25, -0.2) is 4.79 Å². The maximum atomic E-state index is 12.0. The predicted octanol–water partition coefficient (Wildman–Crippen LogP) is 7.08. The van der Waals surface area contributed by atoms with Crippen molar-refractivity contribution in [2.45, 2.75) is 58.3 Å². The number of ether oxygens (including phenoxy) is 2. The van der Waals surface area contributed by atoms with Crippen LogP contribution in [0, 0.1) is 6.92 Å². The van der Waals surface area contributed by atoms with E-state index < -0.39 is 0 Å². The number of carbonyl (C=O) groups is 1. The number of carbonyl (C=O) groups excluding carboxylic acids is 1. The molecule has 156 valence electrons. The molecule has 0 fully saturated rings. The lowest BCUT2D eigenvalue weighted by Crippen LogP contribution is -2.33. The third-order valence-corrected chi connectivity index (χ3v) is 6.63. The van der Waals surface area contributed by atoms with Crippen molar-refractivity contribution in [2.24, 2.45) is 0 Å². The molecule has 30 heavy (non-hydrogen) atoms. The first kappa shape index (κ1) is 20.5. The highest BCUT2D eigenvalue weighted by Gasteiger charge is 2.37. The molecule has 1 aliphatic rings. The van der Waals surface area contributed by atoms with Crippen molar-refractivity contribution in [1.29, 1.82) is 0 Å². The zero-order valence-corrected chi connectivity index (χ0v) is 18.8. The summed E-state index contributed by atoms with van der Waals surface area (Å²) in [6.07, 6.45) is 2.36. The third kappa shape index (κ3) is 3.47. The zero-order valence-electron chi connectivity index (χ0n) is 18.8. The first-order chi connectivity index (χ1) is 14.1. The van der Waals surface area contributed by atoms with Crippen LogP contribution in [-0.4, -0.2) is 13.1 Å². The Hall–Kier alpha value is -2.81. The number of methoxy groups -OCH3 is 1. The number of benzene rings is 3. The fourth-order valence-electron chi connectivity index (χ4n) is 4.55. The summed E-state index contributed by atoms with van der Waals surface area (Å²) < 4.78 is 11.3. The fraction of sp³-hybridized carbons (Fsp3) is 0.370. The summed E-state index contributed by atoms with van der Waals surface area (Å²) >= 11 is 0. The summed E-state index contributed by atoms with van der Waals surface area (Å²) in [5.74, 6) is 1.33. The second-order valence-electron chi connectivity index (χ2n) is 9.71. The molecule has 0 saturated heterocycles. The molecule has 0 bridgehead atoms. The molecule has 1 aliphatic carbocycles. The Labute approximate surface area is 179 Å². The second-order valence-corrected chi connectivity index (χ2v) is 9.71. The molecule has 4 rings (SSSR count). The van der Waals surface area contributed by atoms with E-state index in [4.69, 9.17) is 9.47 Å². The van der Waals surface area contributed by atoms with E-state index in [1.165, 1.54) is 31.1 Å². The Kier molecular flexibility index (Phi) is 4.88. The zero-order chi connectivity index (χ0) is 21.7. The predicted molar refractivity (Wildman–Crippen MR) is 122 cm³/mol. The van der Waals surface area contributed by atoms with E-state index in [9.17, 15) is 4.79 Å². The number of aryl methyl sites for hydroxylation is 1. The minimum absolute atomic E-state index is 0.134. The standard InChI is InChI=1S/C27H30O3/c1-17-14-22-23(27(4,5)13-12-26(22,2)3)16-24(17)30-19-10-11-20-18(15-19)8-7-9-21(20)25(28)29-6/h7-11,14-16H,12-13H2,1-6H3. The molecule has 3 nitrogen and oxygen atoms in total. The fourth-order valence-corrected chi connectivity index (χ4v) is 4.55. The van der Waals surface area contributed by atoms with E-state index in [2.05, 4.69) is 46.8 Å². The molecule has 0 amide bonds. The highest BCUT2D eigenvalue weighted by Crippen LogP contribution is 2.48. The van der Waals surface area contributed by atoms with Crippen LogP contribution in [0.4, 0.5) is 0 Å². The van der Waals surface area contributed by atoms with Gasteiger partial charge in [0.2, 0.25) is 0 Å². The molecular formula is C27H30O3. The number of esters is 1. The Morgan fingerprint density at radius 1 is 0.900 bits per heavy atom. The summed E-state index contributed by atoms with van der Waals surface area (Å²) in [4.78, 5) is 12.0. The lowest BCUT2D eigenvalue weighted by atomic mass is 9.63. The van der Waals surface area contributed by atoms with Gasteiger partial charge in [0.25, 0.3) is 0 Å². The molecule has 0 saturated carbocycles. The molecule has 0 atom stereocenters. The van der Waals surface area contributed by atoms with Gasteiger partial charge >= 0.3 is 5.97 Å². The average Bonchev–Trinajstić information content (AvgIpc) is 2.71. The van der Waals surface area contributed by atoms with Gasteiger partial charge in [0.1, 0.15) is 11.5 Å². The monoisotopic (exact) mass is 402 g/mol. The first-order valence-electron chi connectivity index (χ1n) is 10.6. The van der Waals surface area contributed by atoms with Crippen LogP contribution in [0.2, 0.25) is 0 Å². The Bertz CT molecular complexity index is 1140. The summed E-state index contributed by atoms with van der Waals surface area (Å²) in [5.41, 5.74) is 4.84. The normalized spacial score (nSPS) is 16.7. The van der Waals surface area contributed by atoms with Crippen LogP contribution in [0.1, 0.15) is 67.6 Å². The topological polar surface area (TPSA) is 35.5 Å². The number of fused-ring (bicyclic) bond motifs is 2. The van der Waals surface area contributed by atoms with E-state index in [0.717, 1.165) is 27.8 Å². The van der Waals surface area contributed by atoms with Gasteiger partial charge in [-0.05, 0) is 88.4 Å². The molecule has 3 aromatic rings. The quantitative estimate of drug-likeness (QED) is 0.439. The van der Waals surface area contributed by atoms with Crippen molar-refractivity contribution in [3.63, 3.8) is 0 Å². The van der Waals surface area contributed by atoms with Crippen LogP contribution in [0.25, 0.3) is 10.8 Å². The highest BCUT2D eigenvalue weighted by atomic mass is 16.5. The van der Waals surface area contributed by atoms with Crippen LogP contribution in [0.5, 0.6) is 11.5 Å². The van der Waals surface area contributed by atoms with Crippen LogP contribution >= 0.6 is 0 Å². The Morgan fingerprint density at radius 3 is 2.23 bits per heavy atom. The maximum Gasteiger partial charge on any atom is 0.338 e. The van der Waals surface area contributed by atoms with Crippen molar-refractivity contribution < 1.29 is 14.3 Å². The average molecular weight is 403 g/mol. The van der Waals surface area contributed by atoms with Gasteiger partial charge in [0.15, 0.2) is 0 Å². The molecule has 0 N–H and O–H groups in total. The molecule has 0 spiro atoms. The molecule has 3 aromatic carbocycles. The van der Waals surface area contributed by atoms with E-state index in [1.807, 2.05) is 30.3 Å². The van der Waals surface area contributed by atoms with Gasteiger partial charge in [-0.1, -0.05) is 45.9 Å². The summed E-state index contributed by atoms with van der Waals surface area (Å²) in [6.45, 7) is 11.4. The van der Waals surface area contributed by atoms with Crippen LogP contribution in [-0.2, 0) is 15.6 Å². The van der Waals surface area contributed by atoms with Gasteiger partial charge in [0, 0.05) is 0 Å². The highest BCUT2D eigenvalue weighted by molar-refractivity contribution is 6.04. The van der Waals surface area contributed by atoms with E-state index in [1.54, 1.807) is 6.07 Å². The lowest BCUT2D eigenvalue weighted by molar-refractivity contribution is 0.0603. The van der Waals surface area contributed by atoms with Gasteiger partial charge in [-0.15, -0.1) is 0 Å². The minimum atomic E-state index is -0.329. The SMILES string of the molecule is COC(=O)c1cccc2cc(Oc3cc4c(cc3C)C(C)(C)CCC4(C)C)ccc12. The molecule has 0 unspecified atom stereocenters. The number of hydrogen-bond donors (Lipinski definition) is 0. The van der Waals surface area contributed by atoms with Gasteiger partial charge in [-0.3, -0.25) is 0 Å². The first-order valence-corrected chi connectivity index (χ1v) is 10.6. The van der Waals surface area contributed by atoms with Crippen LogP contribution in [0.15, 0.2) is 48.5 Å². The van der Waals surface area contributed by atoms with E-state index >= 15 is 0 Å². The van der Waals surface area contributed by atoms with E-state index in [-0.39, 0.29) is 16.8 Å². The lowest BCUT2D eigenvalue weighted by Gasteiger charge is -2.42. The number of hydrogen-bond acceptors (Lipinski definition) is 3. The molecule has 0 aromatic heterocycles. The number of rotatable bonds is 3. The van der Waals surface area contributed by atoms with Crippen molar-refractivity contribution >= 4 is 16.7 Å². The second kappa shape index (κ2) is 7.16. The maximum absolute atomic E-state index is 12.0. The van der Waals surface area contributed by atoms with Crippen molar-refractivity contribution in [1.82, 2.24) is 0 Å². The minimum Gasteiger partial charge on any atom is -0.465 e.